The van der Waals surface area contributed by atoms with Crippen molar-refractivity contribution in [2.45, 2.75) is 58.3 Å². The second-order valence-corrected chi connectivity index (χ2v) is 6.47. The molecular weight excluding hydrogens is 318 g/mol. The van der Waals surface area contributed by atoms with Crippen molar-refractivity contribution in [1.82, 2.24) is 0 Å². The van der Waals surface area contributed by atoms with Crippen LogP contribution in [0.15, 0.2) is 42.5 Å². The molecule has 0 amide bonds. The van der Waals surface area contributed by atoms with Gasteiger partial charge in [-0.15, -0.1) is 0 Å². The predicted octanol–water partition coefficient (Wildman–Crippen LogP) is 7.15. The van der Waals surface area contributed by atoms with Crippen LogP contribution in [0.1, 0.15) is 58.3 Å². The zero-order valence-electron chi connectivity index (χ0n) is 15.1. The Hall–Kier alpha value is -1.90. The van der Waals surface area contributed by atoms with Crippen molar-refractivity contribution in [1.29, 1.82) is 0 Å². The van der Waals surface area contributed by atoms with Gasteiger partial charge in [0.25, 0.3) is 0 Å². The average molecular weight is 346 g/mol. The van der Waals surface area contributed by atoms with Crippen molar-refractivity contribution in [3.05, 3.63) is 54.1 Å². The van der Waals surface area contributed by atoms with E-state index in [0.717, 1.165) is 23.8 Å². The van der Waals surface area contributed by atoms with Gasteiger partial charge in [0.2, 0.25) is 0 Å². The maximum Gasteiger partial charge on any atom is 0.133 e. The van der Waals surface area contributed by atoms with Crippen LogP contribution in [0.4, 0.5) is 8.78 Å². The number of unbranched alkanes of at least 4 members (excludes halogenated alkanes) is 7. The molecular formula is C22H28F2O. The van der Waals surface area contributed by atoms with Crippen LogP contribution < -0.4 is 4.74 Å². The monoisotopic (exact) mass is 346 g/mol. The number of hydrogen-bond donors (Lipinski definition) is 0. The molecule has 0 heterocycles. The van der Waals surface area contributed by atoms with Crippen LogP contribution in [0.25, 0.3) is 11.1 Å². The fraction of sp³-hybridized carbons (Fsp3) is 0.455. The van der Waals surface area contributed by atoms with Gasteiger partial charge in [-0.3, -0.25) is 0 Å². The minimum absolute atomic E-state index is 0.399. The van der Waals surface area contributed by atoms with Crippen molar-refractivity contribution in [3.63, 3.8) is 0 Å². The maximum atomic E-state index is 13.8. The van der Waals surface area contributed by atoms with Gasteiger partial charge in [-0.2, -0.15) is 0 Å². The first-order valence-corrected chi connectivity index (χ1v) is 9.39. The second-order valence-electron chi connectivity index (χ2n) is 6.47. The molecule has 0 spiro atoms. The predicted molar refractivity (Wildman–Crippen MR) is 99.9 cm³/mol. The molecule has 0 saturated heterocycles. The average Bonchev–Trinajstić information content (AvgIpc) is 2.61. The minimum Gasteiger partial charge on any atom is -0.494 e. The molecule has 0 aliphatic carbocycles. The first-order valence-electron chi connectivity index (χ1n) is 9.39. The van der Waals surface area contributed by atoms with Gasteiger partial charge in [-0.25, -0.2) is 8.78 Å². The van der Waals surface area contributed by atoms with Gasteiger partial charge in [0.15, 0.2) is 0 Å². The van der Waals surface area contributed by atoms with Gasteiger partial charge >= 0.3 is 0 Å². The number of hydrogen-bond acceptors (Lipinski definition) is 1. The summed E-state index contributed by atoms with van der Waals surface area (Å²) in [6.45, 7) is 2.94. The van der Waals surface area contributed by atoms with Gasteiger partial charge in [0.05, 0.1) is 6.61 Å². The number of ether oxygens (including phenoxy) is 1. The molecule has 0 saturated carbocycles. The molecule has 0 bridgehead atoms. The Morgan fingerprint density at radius 2 is 1.40 bits per heavy atom. The second kappa shape index (κ2) is 10.9. The molecule has 0 fully saturated rings. The molecule has 25 heavy (non-hydrogen) atoms. The molecule has 1 nitrogen and oxygen atoms in total. The smallest absolute Gasteiger partial charge is 0.133 e. The lowest BCUT2D eigenvalue weighted by Crippen LogP contribution is -1.97. The summed E-state index contributed by atoms with van der Waals surface area (Å²) in [5.74, 6) is -0.326. The standard InChI is InChI=1S/C22H28F2O/c1-2-3-4-5-6-7-8-9-16-25-20-13-10-18(11-14-20)21-15-12-19(23)17-22(21)24/h10-15,17H,2-9,16H2,1H3. The summed E-state index contributed by atoms with van der Waals surface area (Å²) in [6, 6.07) is 10.9. The van der Waals surface area contributed by atoms with Crippen LogP contribution in [0.3, 0.4) is 0 Å². The van der Waals surface area contributed by atoms with Gasteiger partial charge in [-0.05, 0) is 36.2 Å². The normalized spacial score (nSPS) is 10.8. The molecule has 136 valence electrons. The fourth-order valence-corrected chi connectivity index (χ4v) is 2.88. The SMILES string of the molecule is CCCCCCCCCCOc1ccc(-c2ccc(F)cc2F)cc1. The lowest BCUT2D eigenvalue weighted by atomic mass is 10.1. The van der Waals surface area contributed by atoms with Crippen LogP contribution in [0, 0.1) is 11.6 Å². The van der Waals surface area contributed by atoms with E-state index in [1.54, 1.807) is 12.1 Å². The first kappa shape index (κ1) is 19.4. The van der Waals surface area contributed by atoms with Crippen LogP contribution in [-0.4, -0.2) is 6.61 Å². The molecule has 0 N–H and O–H groups in total. The van der Waals surface area contributed by atoms with Crippen LogP contribution in [-0.2, 0) is 0 Å². The van der Waals surface area contributed by atoms with Gasteiger partial charge in [0.1, 0.15) is 17.4 Å². The van der Waals surface area contributed by atoms with Crippen molar-refractivity contribution in [2.75, 3.05) is 6.61 Å². The third kappa shape index (κ3) is 6.85. The quantitative estimate of drug-likeness (QED) is 0.392. The zero-order chi connectivity index (χ0) is 17.9. The largest absolute Gasteiger partial charge is 0.494 e. The Labute approximate surface area is 150 Å². The number of rotatable bonds is 11. The van der Waals surface area contributed by atoms with E-state index in [0.29, 0.717) is 12.2 Å². The minimum atomic E-state index is -0.563. The third-order valence-corrected chi connectivity index (χ3v) is 4.36. The highest BCUT2D eigenvalue weighted by Crippen LogP contribution is 2.25. The zero-order valence-corrected chi connectivity index (χ0v) is 15.1. The van der Waals surface area contributed by atoms with Crippen molar-refractivity contribution >= 4 is 0 Å². The summed E-state index contributed by atoms with van der Waals surface area (Å²) >= 11 is 0. The highest BCUT2D eigenvalue weighted by molar-refractivity contribution is 5.64. The van der Waals surface area contributed by atoms with E-state index in [1.165, 1.54) is 57.1 Å². The molecule has 0 unspecified atom stereocenters. The van der Waals surface area contributed by atoms with E-state index in [2.05, 4.69) is 6.92 Å². The van der Waals surface area contributed by atoms with Gasteiger partial charge in [-0.1, -0.05) is 64.0 Å². The Balaban J connectivity index is 1.68. The molecule has 2 aromatic rings. The van der Waals surface area contributed by atoms with E-state index in [1.807, 2.05) is 12.1 Å². The lowest BCUT2D eigenvalue weighted by Gasteiger charge is -2.08. The van der Waals surface area contributed by atoms with E-state index in [-0.39, 0.29) is 0 Å². The van der Waals surface area contributed by atoms with E-state index < -0.39 is 11.6 Å². The Kier molecular flexibility index (Phi) is 8.44. The summed E-state index contributed by atoms with van der Waals surface area (Å²) in [7, 11) is 0. The van der Waals surface area contributed by atoms with Crippen molar-refractivity contribution in [3.8, 4) is 16.9 Å². The van der Waals surface area contributed by atoms with Gasteiger partial charge < -0.3 is 4.74 Å². The molecule has 3 heteroatoms. The summed E-state index contributed by atoms with van der Waals surface area (Å²) < 4.78 is 32.5. The van der Waals surface area contributed by atoms with Crippen molar-refractivity contribution in [2.24, 2.45) is 0 Å². The Morgan fingerprint density at radius 1 is 0.760 bits per heavy atom. The topological polar surface area (TPSA) is 9.23 Å². The first-order chi connectivity index (χ1) is 12.2. The maximum absolute atomic E-state index is 13.8. The fourth-order valence-electron chi connectivity index (χ4n) is 2.88. The molecule has 0 atom stereocenters. The molecule has 2 aromatic carbocycles. The lowest BCUT2D eigenvalue weighted by molar-refractivity contribution is 0.304. The van der Waals surface area contributed by atoms with E-state index >= 15 is 0 Å². The Bertz CT molecular complexity index is 622. The van der Waals surface area contributed by atoms with Crippen LogP contribution in [0.5, 0.6) is 5.75 Å². The van der Waals surface area contributed by atoms with Crippen molar-refractivity contribution < 1.29 is 13.5 Å². The Morgan fingerprint density at radius 3 is 2.04 bits per heavy atom. The molecule has 0 aliphatic rings. The third-order valence-electron chi connectivity index (χ3n) is 4.36. The van der Waals surface area contributed by atoms with Crippen LogP contribution >= 0.6 is 0 Å². The summed E-state index contributed by atoms with van der Waals surface area (Å²) in [5.41, 5.74) is 1.12. The highest BCUT2D eigenvalue weighted by Gasteiger charge is 2.06. The number of benzene rings is 2. The summed E-state index contributed by atoms with van der Waals surface area (Å²) in [4.78, 5) is 0. The summed E-state index contributed by atoms with van der Waals surface area (Å²) in [5, 5.41) is 0. The van der Waals surface area contributed by atoms with E-state index in [9.17, 15) is 8.78 Å². The molecule has 0 aliphatic heterocycles. The van der Waals surface area contributed by atoms with Gasteiger partial charge in [0, 0.05) is 11.6 Å². The van der Waals surface area contributed by atoms with Crippen LogP contribution in [0.2, 0.25) is 0 Å². The molecule has 2 rings (SSSR count). The molecule has 0 aromatic heterocycles. The molecule has 0 radical (unpaired) electrons. The number of halogens is 2. The summed E-state index contributed by atoms with van der Waals surface area (Å²) in [6.07, 6.45) is 10.2. The van der Waals surface area contributed by atoms with E-state index in [4.69, 9.17) is 4.74 Å². The highest BCUT2D eigenvalue weighted by atomic mass is 19.1.